The van der Waals surface area contributed by atoms with Crippen LogP contribution in [0.2, 0.25) is 0 Å². The summed E-state index contributed by atoms with van der Waals surface area (Å²) in [5.41, 5.74) is 1.80. The van der Waals surface area contributed by atoms with Crippen LogP contribution in [-0.4, -0.2) is 52.8 Å². The van der Waals surface area contributed by atoms with Gasteiger partial charge in [0.15, 0.2) is 0 Å². The first-order valence-electron chi connectivity index (χ1n) is 8.45. The van der Waals surface area contributed by atoms with Gasteiger partial charge in [0.05, 0.1) is 31.5 Å². The number of anilines is 1. The molecule has 1 aromatic carbocycles. The molecule has 1 aliphatic rings. The zero-order chi connectivity index (χ0) is 17.6. The van der Waals surface area contributed by atoms with Crippen LogP contribution in [-0.2, 0) is 22.5 Å². The molecule has 0 saturated carbocycles. The number of ether oxygens (including phenoxy) is 1. The van der Waals surface area contributed by atoms with E-state index in [4.69, 9.17) is 4.74 Å². The molecule has 3 rings (SSSR count). The number of nitrogens with zero attached hydrogens (tertiary/aromatic N) is 3. The van der Waals surface area contributed by atoms with Gasteiger partial charge in [-0.05, 0) is 12.5 Å². The van der Waals surface area contributed by atoms with Crippen molar-refractivity contribution in [2.45, 2.75) is 19.9 Å². The van der Waals surface area contributed by atoms with Crippen LogP contribution in [0.4, 0.5) is 5.69 Å². The van der Waals surface area contributed by atoms with Crippen LogP contribution in [0.15, 0.2) is 36.5 Å². The van der Waals surface area contributed by atoms with E-state index in [0.29, 0.717) is 44.2 Å². The molecule has 132 valence electrons. The maximum absolute atomic E-state index is 12.9. The predicted octanol–water partition coefficient (Wildman–Crippen LogP) is 1.56. The van der Waals surface area contributed by atoms with Crippen LogP contribution < -0.4 is 5.32 Å². The molecule has 7 heteroatoms. The molecule has 2 aromatic rings. The Morgan fingerprint density at radius 1 is 1.20 bits per heavy atom. The van der Waals surface area contributed by atoms with Gasteiger partial charge >= 0.3 is 0 Å². The van der Waals surface area contributed by atoms with E-state index in [-0.39, 0.29) is 18.2 Å². The van der Waals surface area contributed by atoms with Crippen LogP contribution in [0.5, 0.6) is 0 Å². The Morgan fingerprint density at radius 2 is 1.92 bits per heavy atom. The van der Waals surface area contributed by atoms with Gasteiger partial charge in [-0.3, -0.25) is 14.3 Å². The fourth-order valence-corrected chi connectivity index (χ4v) is 2.83. The fraction of sp³-hybridized carbons (Fsp3) is 0.389. The number of aryl methyl sites for hydroxylation is 1. The SMILES string of the molecule is CCn1ncc(NC(=O)Cc2ccccc2)c1C(=O)N1CCOCC1. The van der Waals surface area contributed by atoms with Gasteiger partial charge in [0.1, 0.15) is 5.69 Å². The minimum Gasteiger partial charge on any atom is -0.378 e. The van der Waals surface area contributed by atoms with Crippen molar-refractivity contribution in [1.82, 2.24) is 14.7 Å². The lowest BCUT2D eigenvalue weighted by Gasteiger charge is -2.27. The van der Waals surface area contributed by atoms with Gasteiger partial charge in [-0.1, -0.05) is 30.3 Å². The molecule has 2 heterocycles. The Hall–Kier alpha value is -2.67. The molecule has 0 radical (unpaired) electrons. The molecule has 1 saturated heterocycles. The minimum absolute atomic E-state index is 0.127. The van der Waals surface area contributed by atoms with Crippen molar-refractivity contribution in [3.8, 4) is 0 Å². The number of rotatable bonds is 5. The number of hydrogen-bond acceptors (Lipinski definition) is 4. The number of carbonyl (C=O) groups is 2. The summed E-state index contributed by atoms with van der Waals surface area (Å²) in [7, 11) is 0. The molecule has 1 aromatic heterocycles. The highest BCUT2D eigenvalue weighted by Crippen LogP contribution is 2.19. The average molecular weight is 342 g/mol. The summed E-state index contributed by atoms with van der Waals surface area (Å²) in [6, 6.07) is 9.49. The summed E-state index contributed by atoms with van der Waals surface area (Å²) in [5, 5.41) is 7.07. The Bertz CT molecular complexity index is 736. The van der Waals surface area contributed by atoms with Gasteiger partial charge in [0, 0.05) is 19.6 Å². The smallest absolute Gasteiger partial charge is 0.274 e. The number of carbonyl (C=O) groups excluding carboxylic acids is 2. The Labute approximate surface area is 146 Å². The fourth-order valence-electron chi connectivity index (χ4n) is 2.83. The molecule has 0 bridgehead atoms. The molecule has 25 heavy (non-hydrogen) atoms. The summed E-state index contributed by atoms with van der Waals surface area (Å²) in [5.74, 6) is -0.296. The zero-order valence-corrected chi connectivity index (χ0v) is 14.3. The standard InChI is InChI=1S/C18H22N4O3/c1-2-22-17(18(24)21-8-10-25-11-9-21)15(13-19-22)20-16(23)12-14-6-4-3-5-7-14/h3-7,13H,2,8-12H2,1H3,(H,20,23). The van der Waals surface area contributed by atoms with Crippen molar-refractivity contribution in [2.24, 2.45) is 0 Å². The summed E-state index contributed by atoms with van der Waals surface area (Å²) < 4.78 is 6.92. The van der Waals surface area contributed by atoms with Crippen LogP contribution in [0, 0.1) is 0 Å². The highest BCUT2D eigenvalue weighted by atomic mass is 16.5. The van der Waals surface area contributed by atoms with Gasteiger partial charge in [-0.2, -0.15) is 5.10 Å². The second-order valence-corrected chi connectivity index (χ2v) is 5.84. The number of aromatic nitrogens is 2. The van der Waals surface area contributed by atoms with Gasteiger partial charge in [-0.25, -0.2) is 0 Å². The van der Waals surface area contributed by atoms with Gasteiger partial charge in [0.2, 0.25) is 5.91 Å². The van der Waals surface area contributed by atoms with E-state index in [1.165, 1.54) is 0 Å². The first-order valence-corrected chi connectivity index (χ1v) is 8.45. The lowest BCUT2D eigenvalue weighted by Crippen LogP contribution is -2.41. The van der Waals surface area contributed by atoms with Crippen LogP contribution in [0.3, 0.4) is 0 Å². The summed E-state index contributed by atoms with van der Waals surface area (Å²) in [6.45, 7) is 4.62. The van der Waals surface area contributed by atoms with E-state index in [1.54, 1.807) is 15.8 Å². The van der Waals surface area contributed by atoms with Gasteiger partial charge in [-0.15, -0.1) is 0 Å². The van der Waals surface area contributed by atoms with Gasteiger partial charge < -0.3 is 15.0 Å². The molecule has 0 atom stereocenters. The number of amides is 2. The number of hydrogen-bond donors (Lipinski definition) is 1. The van der Waals surface area contributed by atoms with E-state index < -0.39 is 0 Å². The second-order valence-electron chi connectivity index (χ2n) is 5.84. The topological polar surface area (TPSA) is 76.5 Å². The average Bonchev–Trinajstić information content (AvgIpc) is 3.05. The number of nitrogens with one attached hydrogen (secondary N) is 1. The number of morpholine rings is 1. The van der Waals surface area contributed by atoms with Crippen molar-refractivity contribution < 1.29 is 14.3 Å². The minimum atomic E-state index is -0.169. The Morgan fingerprint density at radius 3 is 2.60 bits per heavy atom. The zero-order valence-electron chi connectivity index (χ0n) is 14.3. The Balaban J connectivity index is 1.76. The molecule has 1 aliphatic heterocycles. The summed E-state index contributed by atoms with van der Waals surface area (Å²) in [6.07, 6.45) is 1.80. The van der Waals surface area contributed by atoms with E-state index >= 15 is 0 Å². The maximum Gasteiger partial charge on any atom is 0.274 e. The molecule has 0 aliphatic carbocycles. The first-order chi connectivity index (χ1) is 12.2. The molecule has 0 unspecified atom stereocenters. The van der Waals surface area contributed by atoms with E-state index in [9.17, 15) is 9.59 Å². The van der Waals surface area contributed by atoms with Crippen molar-refractivity contribution >= 4 is 17.5 Å². The highest BCUT2D eigenvalue weighted by Gasteiger charge is 2.25. The van der Waals surface area contributed by atoms with Crippen LogP contribution in [0.25, 0.3) is 0 Å². The highest BCUT2D eigenvalue weighted by molar-refractivity contribution is 6.02. The molecule has 1 fully saturated rings. The van der Waals surface area contributed by atoms with E-state index in [1.807, 2.05) is 37.3 Å². The first kappa shape index (κ1) is 17.2. The Kier molecular flexibility index (Phi) is 5.45. The van der Waals surface area contributed by atoms with Crippen molar-refractivity contribution in [3.05, 3.63) is 47.8 Å². The largest absolute Gasteiger partial charge is 0.378 e. The van der Waals surface area contributed by atoms with E-state index in [2.05, 4.69) is 10.4 Å². The van der Waals surface area contributed by atoms with Crippen molar-refractivity contribution in [2.75, 3.05) is 31.6 Å². The second kappa shape index (κ2) is 7.94. The van der Waals surface area contributed by atoms with Crippen LogP contribution in [0.1, 0.15) is 23.0 Å². The summed E-state index contributed by atoms with van der Waals surface area (Å²) >= 11 is 0. The summed E-state index contributed by atoms with van der Waals surface area (Å²) in [4.78, 5) is 26.9. The third-order valence-corrected chi connectivity index (χ3v) is 4.12. The predicted molar refractivity (Wildman–Crippen MR) is 93.4 cm³/mol. The van der Waals surface area contributed by atoms with Crippen LogP contribution >= 0.6 is 0 Å². The third kappa shape index (κ3) is 4.06. The van der Waals surface area contributed by atoms with Crippen molar-refractivity contribution in [3.63, 3.8) is 0 Å². The lowest BCUT2D eigenvalue weighted by atomic mass is 10.1. The normalized spacial score (nSPS) is 14.4. The molecule has 7 nitrogen and oxygen atoms in total. The van der Waals surface area contributed by atoms with Gasteiger partial charge in [0.25, 0.3) is 5.91 Å². The van der Waals surface area contributed by atoms with E-state index in [0.717, 1.165) is 5.56 Å². The van der Waals surface area contributed by atoms with Crippen molar-refractivity contribution in [1.29, 1.82) is 0 Å². The molecule has 1 N–H and O–H groups in total. The molecular weight excluding hydrogens is 320 g/mol. The third-order valence-electron chi connectivity index (χ3n) is 4.12. The quantitative estimate of drug-likeness (QED) is 0.895. The molecule has 0 spiro atoms. The molecule has 2 amide bonds. The monoisotopic (exact) mass is 342 g/mol. The lowest BCUT2D eigenvalue weighted by molar-refractivity contribution is -0.115. The number of benzene rings is 1. The molecular formula is C18H22N4O3. The maximum atomic E-state index is 12.9.